The maximum absolute atomic E-state index is 13.4. The van der Waals surface area contributed by atoms with Crippen molar-refractivity contribution in [1.29, 1.82) is 0 Å². The van der Waals surface area contributed by atoms with Crippen molar-refractivity contribution in [2.45, 2.75) is 19.6 Å². The van der Waals surface area contributed by atoms with Crippen LogP contribution in [0.5, 0.6) is 0 Å². The van der Waals surface area contributed by atoms with E-state index in [1.54, 1.807) is 16.9 Å². The van der Waals surface area contributed by atoms with Crippen LogP contribution in [0.1, 0.15) is 24.4 Å². The van der Waals surface area contributed by atoms with E-state index >= 15 is 0 Å². The second-order valence-electron chi connectivity index (χ2n) is 3.34. The smallest absolute Gasteiger partial charge is 0.147 e. The van der Waals surface area contributed by atoms with Crippen LogP contribution in [0.3, 0.4) is 0 Å². The molecule has 16 heavy (non-hydrogen) atoms. The highest BCUT2D eigenvalue weighted by Crippen LogP contribution is 2.21. The third-order valence-electron chi connectivity index (χ3n) is 2.38. The summed E-state index contributed by atoms with van der Waals surface area (Å²) in [5.74, 6) is -0.515. The first-order valence-electron chi connectivity index (χ1n) is 5.04. The molecule has 1 N–H and O–H groups in total. The maximum atomic E-state index is 13.4. The number of halogens is 1. The van der Waals surface area contributed by atoms with Gasteiger partial charge in [0.05, 0.1) is 5.69 Å². The SMILES string of the molecule is CCn1nccc1C(O)c1ncccc1F. The normalized spacial score (nSPS) is 12.7. The Morgan fingerprint density at radius 2 is 2.25 bits per heavy atom. The van der Waals surface area contributed by atoms with Crippen molar-refractivity contribution in [3.05, 3.63) is 47.8 Å². The number of pyridine rings is 1. The van der Waals surface area contributed by atoms with E-state index in [1.165, 1.54) is 18.3 Å². The minimum Gasteiger partial charge on any atom is -0.380 e. The van der Waals surface area contributed by atoms with Crippen molar-refractivity contribution in [3.8, 4) is 0 Å². The summed E-state index contributed by atoms with van der Waals surface area (Å²) in [4.78, 5) is 3.84. The fraction of sp³-hybridized carbons (Fsp3) is 0.273. The van der Waals surface area contributed by atoms with Gasteiger partial charge in [-0.1, -0.05) is 0 Å². The summed E-state index contributed by atoms with van der Waals surface area (Å²) in [5.41, 5.74) is 0.567. The molecule has 0 saturated carbocycles. The number of nitrogens with zero attached hydrogens (tertiary/aromatic N) is 3. The van der Waals surface area contributed by atoms with E-state index in [4.69, 9.17) is 0 Å². The molecule has 2 rings (SSSR count). The highest BCUT2D eigenvalue weighted by Gasteiger charge is 2.19. The predicted molar refractivity (Wildman–Crippen MR) is 56.2 cm³/mol. The van der Waals surface area contributed by atoms with Crippen molar-refractivity contribution in [3.63, 3.8) is 0 Å². The number of aromatic nitrogens is 3. The zero-order chi connectivity index (χ0) is 11.5. The van der Waals surface area contributed by atoms with Crippen LogP contribution in [0, 0.1) is 5.82 Å². The summed E-state index contributed by atoms with van der Waals surface area (Å²) < 4.78 is 15.0. The van der Waals surface area contributed by atoms with Gasteiger partial charge >= 0.3 is 0 Å². The molecule has 1 atom stereocenters. The largest absolute Gasteiger partial charge is 0.380 e. The van der Waals surface area contributed by atoms with E-state index in [2.05, 4.69) is 10.1 Å². The van der Waals surface area contributed by atoms with Crippen LogP contribution in [0.25, 0.3) is 0 Å². The molecule has 1 unspecified atom stereocenters. The Kier molecular flexibility index (Phi) is 2.96. The summed E-state index contributed by atoms with van der Waals surface area (Å²) >= 11 is 0. The van der Waals surface area contributed by atoms with E-state index in [0.29, 0.717) is 12.2 Å². The van der Waals surface area contributed by atoms with Gasteiger partial charge in [-0.2, -0.15) is 5.10 Å². The molecule has 0 aliphatic rings. The van der Waals surface area contributed by atoms with E-state index in [9.17, 15) is 9.50 Å². The average Bonchev–Trinajstić information content (AvgIpc) is 2.77. The molecule has 0 amide bonds. The lowest BCUT2D eigenvalue weighted by Gasteiger charge is -2.12. The third-order valence-corrected chi connectivity index (χ3v) is 2.38. The zero-order valence-electron chi connectivity index (χ0n) is 8.84. The van der Waals surface area contributed by atoms with Gasteiger partial charge in [0.25, 0.3) is 0 Å². The van der Waals surface area contributed by atoms with Gasteiger partial charge in [0.15, 0.2) is 0 Å². The molecule has 0 saturated heterocycles. The van der Waals surface area contributed by atoms with Crippen LogP contribution in [0.15, 0.2) is 30.6 Å². The molecular weight excluding hydrogens is 209 g/mol. The van der Waals surface area contributed by atoms with Crippen LogP contribution in [0.2, 0.25) is 0 Å². The molecule has 2 heterocycles. The summed E-state index contributed by atoms with van der Waals surface area (Å²) in [5, 5.41) is 14.0. The average molecular weight is 221 g/mol. The molecule has 0 aliphatic carbocycles. The fourth-order valence-electron chi connectivity index (χ4n) is 1.58. The lowest BCUT2D eigenvalue weighted by molar-refractivity contribution is 0.197. The molecule has 0 bridgehead atoms. The zero-order valence-corrected chi connectivity index (χ0v) is 8.84. The quantitative estimate of drug-likeness (QED) is 0.854. The van der Waals surface area contributed by atoms with Crippen molar-refractivity contribution in [2.24, 2.45) is 0 Å². The minimum absolute atomic E-state index is 0.0256. The number of hydrogen-bond donors (Lipinski definition) is 1. The van der Waals surface area contributed by atoms with Gasteiger partial charge in [0.2, 0.25) is 0 Å². The summed E-state index contributed by atoms with van der Waals surface area (Å²) in [6.45, 7) is 2.52. The van der Waals surface area contributed by atoms with Crippen LogP contribution in [-0.2, 0) is 6.54 Å². The van der Waals surface area contributed by atoms with Gasteiger partial charge < -0.3 is 5.11 Å². The Morgan fingerprint density at radius 3 is 2.94 bits per heavy atom. The van der Waals surface area contributed by atoms with Crippen molar-refractivity contribution in [1.82, 2.24) is 14.8 Å². The first-order chi connectivity index (χ1) is 7.74. The van der Waals surface area contributed by atoms with Crippen LogP contribution < -0.4 is 0 Å². The fourth-order valence-corrected chi connectivity index (χ4v) is 1.58. The number of aliphatic hydroxyl groups is 1. The number of aryl methyl sites for hydroxylation is 1. The molecule has 0 fully saturated rings. The summed E-state index contributed by atoms with van der Waals surface area (Å²) in [6.07, 6.45) is 1.95. The lowest BCUT2D eigenvalue weighted by atomic mass is 10.1. The van der Waals surface area contributed by atoms with E-state index in [0.717, 1.165) is 0 Å². The molecule has 2 aromatic heterocycles. The second kappa shape index (κ2) is 4.40. The first kappa shape index (κ1) is 10.8. The van der Waals surface area contributed by atoms with Gasteiger partial charge in [-0.05, 0) is 25.1 Å². The standard InChI is InChI=1S/C11H12FN3O/c1-2-15-9(5-7-14-15)11(16)10-8(12)4-3-6-13-10/h3-7,11,16H,2H2,1H3. The molecule has 5 heteroatoms. The number of hydrogen-bond acceptors (Lipinski definition) is 3. The maximum Gasteiger partial charge on any atom is 0.147 e. The van der Waals surface area contributed by atoms with Crippen molar-refractivity contribution < 1.29 is 9.50 Å². The molecule has 2 aromatic rings. The molecule has 4 nitrogen and oxygen atoms in total. The topological polar surface area (TPSA) is 50.9 Å². The molecule has 0 spiro atoms. The molecule has 84 valence electrons. The first-order valence-corrected chi connectivity index (χ1v) is 5.04. The van der Waals surface area contributed by atoms with Crippen LogP contribution >= 0.6 is 0 Å². The molecule has 0 aromatic carbocycles. The lowest BCUT2D eigenvalue weighted by Crippen LogP contribution is -2.11. The predicted octanol–water partition coefficient (Wildman–Crippen LogP) is 1.52. The third kappa shape index (κ3) is 1.81. The van der Waals surface area contributed by atoms with Crippen LogP contribution in [0.4, 0.5) is 4.39 Å². The summed E-state index contributed by atoms with van der Waals surface area (Å²) in [6, 6.07) is 4.42. The van der Waals surface area contributed by atoms with E-state index in [-0.39, 0.29) is 5.69 Å². The highest BCUT2D eigenvalue weighted by atomic mass is 19.1. The molecular formula is C11H12FN3O. The van der Waals surface area contributed by atoms with Gasteiger partial charge in [0.1, 0.15) is 17.6 Å². The van der Waals surface area contributed by atoms with E-state index in [1.807, 2.05) is 6.92 Å². The van der Waals surface area contributed by atoms with Gasteiger partial charge in [-0.15, -0.1) is 0 Å². The Morgan fingerprint density at radius 1 is 1.44 bits per heavy atom. The minimum atomic E-state index is -1.08. The van der Waals surface area contributed by atoms with Crippen molar-refractivity contribution in [2.75, 3.05) is 0 Å². The molecule has 0 radical (unpaired) electrons. The van der Waals surface area contributed by atoms with E-state index < -0.39 is 11.9 Å². The monoisotopic (exact) mass is 221 g/mol. The highest BCUT2D eigenvalue weighted by molar-refractivity contribution is 5.20. The Balaban J connectivity index is 2.39. The number of rotatable bonds is 3. The van der Waals surface area contributed by atoms with Gasteiger partial charge in [0, 0.05) is 18.9 Å². The van der Waals surface area contributed by atoms with Gasteiger partial charge in [-0.25, -0.2) is 4.39 Å². The Hall–Kier alpha value is -1.75. The van der Waals surface area contributed by atoms with Gasteiger partial charge in [-0.3, -0.25) is 9.67 Å². The number of aliphatic hydroxyl groups excluding tert-OH is 1. The van der Waals surface area contributed by atoms with Crippen molar-refractivity contribution >= 4 is 0 Å². The Bertz CT molecular complexity index is 484. The summed E-state index contributed by atoms with van der Waals surface area (Å²) in [7, 11) is 0. The second-order valence-corrected chi connectivity index (χ2v) is 3.34. The molecule has 0 aliphatic heterocycles. The Labute approximate surface area is 92.4 Å². The van der Waals surface area contributed by atoms with Crippen LogP contribution in [-0.4, -0.2) is 19.9 Å².